The highest BCUT2D eigenvalue weighted by molar-refractivity contribution is 5.95. The summed E-state index contributed by atoms with van der Waals surface area (Å²) < 4.78 is 5.42. The normalized spacial score (nSPS) is 13.0. The van der Waals surface area contributed by atoms with Crippen LogP contribution < -0.4 is 10.6 Å². The van der Waals surface area contributed by atoms with E-state index in [0.29, 0.717) is 30.2 Å². The molecular weight excluding hydrogens is 366 g/mol. The van der Waals surface area contributed by atoms with Gasteiger partial charge >= 0.3 is 6.03 Å². The number of nitrogens with one attached hydrogen (secondary N) is 2. The second-order valence-corrected chi connectivity index (χ2v) is 7.20. The van der Waals surface area contributed by atoms with E-state index in [4.69, 9.17) is 4.42 Å². The zero-order chi connectivity index (χ0) is 20.1. The third kappa shape index (κ3) is 5.25. The lowest BCUT2D eigenvalue weighted by Crippen LogP contribution is -2.34. The van der Waals surface area contributed by atoms with E-state index in [-0.39, 0.29) is 17.9 Å². The fourth-order valence-electron chi connectivity index (χ4n) is 3.06. The molecule has 3 aromatic rings. The topological polar surface area (TPSA) is 74.6 Å². The number of carbonyl (C=O) groups is 2. The van der Waals surface area contributed by atoms with Crippen molar-refractivity contribution in [3.8, 4) is 0 Å². The van der Waals surface area contributed by atoms with Crippen molar-refractivity contribution < 1.29 is 14.0 Å². The molecule has 0 aliphatic heterocycles. The molecule has 1 aliphatic carbocycles. The van der Waals surface area contributed by atoms with E-state index in [1.54, 1.807) is 29.4 Å². The van der Waals surface area contributed by atoms with Crippen molar-refractivity contribution in [2.45, 2.75) is 25.9 Å². The first-order chi connectivity index (χ1) is 14.2. The Kier molecular flexibility index (Phi) is 5.61. The molecule has 1 aliphatic rings. The molecule has 0 radical (unpaired) electrons. The number of furan rings is 1. The van der Waals surface area contributed by atoms with Crippen molar-refractivity contribution in [1.29, 1.82) is 0 Å². The van der Waals surface area contributed by atoms with Gasteiger partial charge in [-0.25, -0.2) is 4.79 Å². The van der Waals surface area contributed by atoms with Crippen molar-refractivity contribution in [2.75, 3.05) is 10.6 Å². The van der Waals surface area contributed by atoms with Crippen LogP contribution in [0, 0.1) is 5.92 Å². The van der Waals surface area contributed by atoms with Crippen molar-refractivity contribution in [1.82, 2.24) is 4.90 Å². The van der Waals surface area contributed by atoms with Crippen LogP contribution in [0.2, 0.25) is 0 Å². The molecule has 0 atom stereocenters. The molecule has 0 unspecified atom stereocenters. The van der Waals surface area contributed by atoms with Crippen LogP contribution in [-0.4, -0.2) is 16.8 Å². The van der Waals surface area contributed by atoms with Gasteiger partial charge in [0.15, 0.2) is 0 Å². The van der Waals surface area contributed by atoms with E-state index >= 15 is 0 Å². The predicted molar refractivity (Wildman–Crippen MR) is 111 cm³/mol. The van der Waals surface area contributed by atoms with Crippen molar-refractivity contribution in [3.63, 3.8) is 0 Å². The summed E-state index contributed by atoms with van der Waals surface area (Å²) in [4.78, 5) is 26.6. The van der Waals surface area contributed by atoms with Crippen LogP contribution in [0.4, 0.5) is 16.2 Å². The van der Waals surface area contributed by atoms with Crippen molar-refractivity contribution >= 4 is 23.3 Å². The van der Waals surface area contributed by atoms with Gasteiger partial charge in [-0.3, -0.25) is 4.79 Å². The van der Waals surface area contributed by atoms with Crippen LogP contribution in [0.1, 0.15) is 24.2 Å². The molecule has 2 aromatic carbocycles. The number of benzene rings is 2. The number of hydrogen-bond donors (Lipinski definition) is 2. The molecule has 0 spiro atoms. The summed E-state index contributed by atoms with van der Waals surface area (Å²) in [6, 6.07) is 20.4. The highest BCUT2D eigenvalue weighted by Gasteiger charge is 2.29. The Morgan fingerprint density at radius 1 is 0.897 bits per heavy atom. The number of nitrogens with zero attached hydrogens (tertiary/aromatic N) is 1. The largest absolute Gasteiger partial charge is 0.467 e. The van der Waals surface area contributed by atoms with Gasteiger partial charge in [0.2, 0.25) is 5.91 Å². The second kappa shape index (κ2) is 8.65. The Labute approximate surface area is 169 Å². The first kappa shape index (κ1) is 18.8. The van der Waals surface area contributed by atoms with Crippen molar-refractivity contribution in [3.05, 3.63) is 84.3 Å². The molecule has 4 rings (SSSR count). The fourth-order valence-corrected chi connectivity index (χ4v) is 3.06. The highest BCUT2D eigenvalue weighted by atomic mass is 16.3. The number of urea groups is 1. The SMILES string of the molecule is O=C(Nc1cccc(NC(=O)N(Cc2ccccc2)Cc2ccco2)c1)C1CC1. The van der Waals surface area contributed by atoms with E-state index in [1.165, 1.54) is 0 Å². The van der Waals surface area contributed by atoms with Crippen LogP contribution in [0.25, 0.3) is 0 Å². The van der Waals surface area contributed by atoms with E-state index in [1.807, 2.05) is 48.5 Å². The number of anilines is 2. The van der Waals surface area contributed by atoms with E-state index < -0.39 is 0 Å². The molecular formula is C23H23N3O3. The zero-order valence-corrected chi connectivity index (χ0v) is 16.0. The minimum absolute atomic E-state index is 0.0389. The molecule has 1 saturated carbocycles. The Balaban J connectivity index is 1.46. The van der Waals surface area contributed by atoms with Gasteiger partial charge in [-0.1, -0.05) is 36.4 Å². The van der Waals surface area contributed by atoms with Gasteiger partial charge in [0.05, 0.1) is 12.8 Å². The fraction of sp³-hybridized carbons (Fsp3) is 0.217. The molecule has 2 N–H and O–H groups in total. The lowest BCUT2D eigenvalue weighted by atomic mass is 10.2. The lowest BCUT2D eigenvalue weighted by molar-refractivity contribution is -0.117. The van der Waals surface area contributed by atoms with Crippen LogP contribution in [-0.2, 0) is 17.9 Å². The number of rotatable bonds is 7. The number of hydrogen-bond acceptors (Lipinski definition) is 3. The Bertz CT molecular complexity index is 966. The average molecular weight is 389 g/mol. The molecule has 1 fully saturated rings. The first-order valence-electron chi connectivity index (χ1n) is 9.70. The smallest absolute Gasteiger partial charge is 0.322 e. The highest BCUT2D eigenvalue weighted by Crippen LogP contribution is 2.30. The third-order valence-electron chi connectivity index (χ3n) is 4.76. The molecule has 0 bridgehead atoms. The van der Waals surface area contributed by atoms with Crippen LogP contribution >= 0.6 is 0 Å². The summed E-state index contributed by atoms with van der Waals surface area (Å²) in [5.74, 6) is 0.876. The molecule has 29 heavy (non-hydrogen) atoms. The summed E-state index contributed by atoms with van der Waals surface area (Å²) in [6.45, 7) is 0.803. The first-order valence-corrected chi connectivity index (χ1v) is 9.70. The van der Waals surface area contributed by atoms with E-state index in [0.717, 1.165) is 18.4 Å². The summed E-state index contributed by atoms with van der Waals surface area (Å²) in [7, 11) is 0. The zero-order valence-electron chi connectivity index (χ0n) is 16.0. The quantitative estimate of drug-likeness (QED) is 0.606. The standard InChI is InChI=1S/C23H23N3O3/c27-22(18-11-12-18)24-19-8-4-9-20(14-19)25-23(28)26(16-21-10-5-13-29-21)15-17-6-2-1-3-7-17/h1-10,13-14,18H,11-12,15-16H2,(H,24,27)(H,25,28). The van der Waals surface area contributed by atoms with Crippen LogP contribution in [0.5, 0.6) is 0 Å². The molecule has 6 heteroatoms. The minimum atomic E-state index is -0.240. The second-order valence-electron chi connectivity index (χ2n) is 7.20. The van der Waals surface area contributed by atoms with E-state index in [9.17, 15) is 9.59 Å². The van der Waals surface area contributed by atoms with Gasteiger partial charge in [0.25, 0.3) is 0 Å². The summed E-state index contributed by atoms with van der Waals surface area (Å²) >= 11 is 0. The molecule has 0 saturated heterocycles. The maximum Gasteiger partial charge on any atom is 0.322 e. The maximum absolute atomic E-state index is 13.0. The number of carbonyl (C=O) groups excluding carboxylic acids is 2. The lowest BCUT2D eigenvalue weighted by Gasteiger charge is -2.22. The monoisotopic (exact) mass is 389 g/mol. The van der Waals surface area contributed by atoms with Gasteiger partial charge in [-0.05, 0) is 48.7 Å². The molecule has 6 nitrogen and oxygen atoms in total. The Morgan fingerprint density at radius 2 is 1.66 bits per heavy atom. The third-order valence-corrected chi connectivity index (χ3v) is 4.76. The van der Waals surface area contributed by atoms with Crippen molar-refractivity contribution in [2.24, 2.45) is 5.92 Å². The van der Waals surface area contributed by atoms with Gasteiger partial charge in [0, 0.05) is 23.8 Å². The Morgan fingerprint density at radius 3 is 2.34 bits per heavy atom. The average Bonchev–Trinajstić information content (AvgIpc) is 3.46. The summed E-state index contributed by atoms with van der Waals surface area (Å²) in [5, 5.41) is 5.83. The van der Waals surface area contributed by atoms with Gasteiger partial charge in [0.1, 0.15) is 5.76 Å². The summed E-state index contributed by atoms with van der Waals surface area (Å²) in [6.07, 6.45) is 3.49. The van der Waals surface area contributed by atoms with Gasteiger partial charge in [-0.2, -0.15) is 0 Å². The number of amides is 3. The molecule has 3 amide bonds. The molecule has 1 heterocycles. The van der Waals surface area contributed by atoms with Gasteiger partial charge in [-0.15, -0.1) is 0 Å². The Hall–Kier alpha value is -3.54. The summed E-state index contributed by atoms with van der Waals surface area (Å²) in [5.41, 5.74) is 2.33. The van der Waals surface area contributed by atoms with Gasteiger partial charge < -0.3 is 20.0 Å². The predicted octanol–water partition coefficient (Wildman–Crippen LogP) is 4.86. The molecule has 1 aromatic heterocycles. The van der Waals surface area contributed by atoms with E-state index in [2.05, 4.69) is 10.6 Å². The maximum atomic E-state index is 13.0. The molecule has 148 valence electrons. The van der Waals surface area contributed by atoms with Crippen LogP contribution in [0.3, 0.4) is 0 Å². The van der Waals surface area contributed by atoms with Crippen LogP contribution in [0.15, 0.2) is 77.4 Å². The minimum Gasteiger partial charge on any atom is -0.467 e.